The van der Waals surface area contributed by atoms with Crippen molar-refractivity contribution in [2.24, 2.45) is 0 Å². The number of nitrogens with zero attached hydrogens (tertiary/aromatic N) is 4. The number of ether oxygens (including phenoxy) is 1. The van der Waals surface area contributed by atoms with Crippen molar-refractivity contribution in [1.29, 1.82) is 0 Å². The summed E-state index contributed by atoms with van der Waals surface area (Å²) in [5.74, 6) is 1.72. The van der Waals surface area contributed by atoms with Gasteiger partial charge in [0, 0.05) is 18.1 Å². The smallest absolute Gasteiger partial charge is 0.169 e. The van der Waals surface area contributed by atoms with Gasteiger partial charge in [0.05, 0.1) is 6.61 Å². The van der Waals surface area contributed by atoms with E-state index in [-0.39, 0.29) is 0 Å². The van der Waals surface area contributed by atoms with Crippen LogP contribution in [0.1, 0.15) is 5.56 Å². The number of rotatable bonds is 1. The van der Waals surface area contributed by atoms with Crippen LogP contribution in [0.5, 0.6) is 5.75 Å². The van der Waals surface area contributed by atoms with Gasteiger partial charge in [-0.1, -0.05) is 11.6 Å². The maximum Gasteiger partial charge on any atom is 0.169 e. The van der Waals surface area contributed by atoms with Crippen molar-refractivity contribution >= 4 is 17.2 Å². The lowest BCUT2D eigenvalue weighted by molar-refractivity contribution is 0.357. The Morgan fingerprint density at radius 2 is 2.16 bits per heavy atom. The second kappa shape index (κ2) is 3.93. The largest absolute Gasteiger partial charge is 0.493 e. The predicted molar refractivity (Wildman–Crippen MR) is 70.4 cm³/mol. The van der Waals surface area contributed by atoms with Crippen LogP contribution in [0.2, 0.25) is 5.15 Å². The average molecular weight is 273 g/mol. The lowest BCUT2D eigenvalue weighted by Crippen LogP contribution is -1.91. The molecule has 0 radical (unpaired) electrons. The molecular formula is C13H9ClN4O. The quantitative estimate of drug-likeness (QED) is 0.638. The molecule has 3 aromatic rings. The molecule has 0 unspecified atom stereocenters. The summed E-state index contributed by atoms with van der Waals surface area (Å²) in [6.45, 7) is 0.747. The molecule has 0 bridgehead atoms. The zero-order valence-corrected chi connectivity index (χ0v) is 10.6. The Morgan fingerprint density at radius 1 is 1.21 bits per heavy atom. The minimum atomic E-state index is 0.411. The lowest BCUT2D eigenvalue weighted by atomic mass is 10.1. The predicted octanol–water partition coefficient (Wildman–Crippen LogP) is 2.38. The van der Waals surface area contributed by atoms with Gasteiger partial charge < -0.3 is 4.74 Å². The van der Waals surface area contributed by atoms with Crippen LogP contribution in [0, 0.1) is 0 Å². The molecule has 0 saturated carbocycles. The molecule has 0 atom stereocenters. The highest BCUT2D eigenvalue weighted by atomic mass is 35.5. The monoisotopic (exact) mass is 272 g/mol. The van der Waals surface area contributed by atoms with Gasteiger partial charge in [-0.15, -0.1) is 10.2 Å². The molecule has 0 spiro atoms. The van der Waals surface area contributed by atoms with Crippen molar-refractivity contribution in [2.75, 3.05) is 6.61 Å². The van der Waals surface area contributed by atoms with Crippen molar-refractivity contribution in [2.45, 2.75) is 6.42 Å². The van der Waals surface area contributed by atoms with Crippen molar-refractivity contribution in [3.8, 4) is 17.1 Å². The second-order valence-electron chi connectivity index (χ2n) is 4.38. The van der Waals surface area contributed by atoms with Crippen LogP contribution in [-0.4, -0.2) is 26.2 Å². The zero-order valence-electron chi connectivity index (χ0n) is 9.88. The first-order valence-electron chi connectivity index (χ1n) is 5.94. The average Bonchev–Trinajstić information content (AvgIpc) is 3.02. The first kappa shape index (κ1) is 10.8. The highest BCUT2D eigenvalue weighted by Crippen LogP contribution is 2.29. The summed E-state index contributed by atoms with van der Waals surface area (Å²) in [5.41, 5.74) is 2.89. The summed E-state index contributed by atoms with van der Waals surface area (Å²) >= 11 is 5.84. The first-order valence-corrected chi connectivity index (χ1v) is 6.31. The van der Waals surface area contributed by atoms with Crippen molar-refractivity contribution < 1.29 is 4.74 Å². The molecule has 2 aromatic heterocycles. The van der Waals surface area contributed by atoms with Gasteiger partial charge in [-0.2, -0.15) is 0 Å². The van der Waals surface area contributed by atoms with Crippen LogP contribution in [0.15, 0.2) is 30.6 Å². The molecular weight excluding hydrogens is 264 g/mol. The molecule has 94 valence electrons. The van der Waals surface area contributed by atoms with Crippen LogP contribution in [0.4, 0.5) is 0 Å². The van der Waals surface area contributed by atoms with Crippen LogP contribution < -0.4 is 4.74 Å². The normalized spacial score (nSPS) is 13.5. The van der Waals surface area contributed by atoms with Gasteiger partial charge in [0.25, 0.3) is 0 Å². The molecule has 0 saturated heterocycles. The Balaban J connectivity index is 1.90. The minimum Gasteiger partial charge on any atom is -0.493 e. The maximum atomic E-state index is 5.84. The summed E-state index contributed by atoms with van der Waals surface area (Å²) in [4.78, 5) is 4.06. The number of aromatic nitrogens is 4. The van der Waals surface area contributed by atoms with Crippen molar-refractivity contribution in [3.05, 3.63) is 41.3 Å². The molecule has 0 fully saturated rings. The molecule has 6 heteroatoms. The number of fused-ring (bicyclic) bond motifs is 2. The van der Waals surface area contributed by atoms with E-state index in [0.29, 0.717) is 10.8 Å². The number of benzene rings is 1. The van der Waals surface area contributed by atoms with E-state index >= 15 is 0 Å². The van der Waals surface area contributed by atoms with Gasteiger partial charge in [-0.25, -0.2) is 4.98 Å². The Morgan fingerprint density at radius 3 is 3.11 bits per heavy atom. The van der Waals surface area contributed by atoms with E-state index in [2.05, 4.69) is 21.2 Å². The topological polar surface area (TPSA) is 52.3 Å². The van der Waals surface area contributed by atoms with E-state index in [1.807, 2.05) is 16.5 Å². The fraction of sp³-hybridized carbons (Fsp3) is 0.154. The van der Waals surface area contributed by atoms with Gasteiger partial charge in [0.15, 0.2) is 11.5 Å². The van der Waals surface area contributed by atoms with Gasteiger partial charge in [-0.3, -0.25) is 4.40 Å². The molecule has 1 aromatic carbocycles. The standard InChI is InChI=1S/C13H9ClN4O/c14-11-6-12-16-17-13(18(12)7-15-11)9-1-2-10-8(5-9)3-4-19-10/h1-2,5-7H,3-4H2. The maximum absolute atomic E-state index is 5.84. The van der Waals surface area contributed by atoms with E-state index in [1.165, 1.54) is 5.56 Å². The molecule has 19 heavy (non-hydrogen) atoms. The van der Waals surface area contributed by atoms with Crippen LogP contribution in [0.3, 0.4) is 0 Å². The third-order valence-electron chi connectivity index (χ3n) is 3.21. The van der Waals surface area contributed by atoms with Crippen molar-refractivity contribution in [3.63, 3.8) is 0 Å². The van der Waals surface area contributed by atoms with Gasteiger partial charge in [0.2, 0.25) is 0 Å². The fourth-order valence-electron chi connectivity index (χ4n) is 2.29. The summed E-state index contributed by atoms with van der Waals surface area (Å²) in [6, 6.07) is 7.74. The highest BCUT2D eigenvalue weighted by molar-refractivity contribution is 6.29. The van der Waals surface area contributed by atoms with E-state index in [0.717, 1.165) is 30.2 Å². The Hall–Kier alpha value is -2.14. The molecule has 0 N–H and O–H groups in total. The molecule has 0 aliphatic carbocycles. The van der Waals surface area contributed by atoms with E-state index in [4.69, 9.17) is 16.3 Å². The Bertz CT molecular complexity index is 783. The van der Waals surface area contributed by atoms with E-state index in [1.54, 1.807) is 12.4 Å². The number of halogens is 1. The summed E-state index contributed by atoms with van der Waals surface area (Å²) in [6.07, 6.45) is 2.57. The molecule has 1 aliphatic heterocycles. The van der Waals surface area contributed by atoms with E-state index in [9.17, 15) is 0 Å². The fourth-order valence-corrected chi connectivity index (χ4v) is 2.44. The SMILES string of the molecule is Clc1cc2nnc(-c3ccc4c(c3)CCO4)n2cn1. The van der Waals surface area contributed by atoms with Crippen LogP contribution in [0.25, 0.3) is 17.0 Å². The first-order chi connectivity index (χ1) is 9.31. The highest BCUT2D eigenvalue weighted by Gasteiger charge is 2.15. The minimum absolute atomic E-state index is 0.411. The Labute approximate surface area is 113 Å². The second-order valence-corrected chi connectivity index (χ2v) is 4.77. The van der Waals surface area contributed by atoms with Gasteiger partial charge >= 0.3 is 0 Å². The molecule has 4 rings (SSSR count). The molecule has 5 nitrogen and oxygen atoms in total. The molecule has 1 aliphatic rings. The summed E-state index contributed by atoms with van der Waals surface area (Å²) < 4.78 is 7.32. The lowest BCUT2D eigenvalue weighted by Gasteiger charge is -2.02. The van der Waals surface area contributed by atoms with Crippen molar-refractivity contribution in [1.82, 2.24) is 19.6 Å². The summed E-state index contributed by atoms with van der Waals surface area (Å²) in [7, 11) is 0. The third-order valence-corrected chi connectivity index (χ3v) is 3.42. The van der Waals surface area contributed by atoms with Gasteiger partial charge in [-0.05, 0) is 23.8 Å². The number of hydrogen-bond acceptors (Lipinski definition) is 4. The van der Waals surface area contributed by atoms with Gasteiger partial charge in [0.1, 0.15) is 17.2 Å². The molecule has 3 heterocycles. The summed E-state index contributed by atoms with van der Waals surface area (Å²) in [5, 5.41) is 8.72. The Kier molecular flexibility index (Phi) is 2.22. The third kappa shape index (κ3) is 1.66. The zero-order chi connectivity index (χ0) is 12.8. The van der Waals surface area contributed by atoms with Crippen LogP contribution >= 0.6 is 11.6 Å². The molecule has 0 amide bonds. The van der Waals surface area contributed by atoms with E-state index < -0.39 is 0 Å². The van der Waals surface area contributed by atoms with Crippen LogP contribution in [-0.2, 0) is 6.42 Å². The number of hydrogen-bond donors (Lipinski definition) is 0.